The number of para-hydroxylation sites is 1. The van der Waals surface area contributed by atoms with Crippen molar-refractivity contribution in [2.75, 3.05) is 11.5 Å². The van der Waals surface area contributed by atoms with Gasteiger partial charge in [-0.05, 0) is 30.7 Å². The van der Waals surface area contributed by atoms with E-state index in [4.69, 9.17) is 5.10 Å². The number of hydrogen-bond acceptors (Lipinski definition) is 4. The molecule has 5 nitrogen and oxygen atoms in total. The number of aromatic nitrogens is 2. The van der Waals surface area contributed by atoms with Crippen LogP contribution in [0.2, 0.25) is 0 Å². The van der Waals surface area contributed by atoms with Gasteiger partial charge >= 0.3 is 0 Å². The third-order valence-corrected chi connectivity index (χ3v) is 6.79. The van der Waals surface area contributed by atoms with E-state index in [1.54, 1.807) is 6.21 Å². The summed E-state index contributed by atoms with van der Waals surface area (Å²) in [5.41, 5.74) is 3.62. The number of nitrogens with zero attached hydrogens (tertiary/aromatic N) is 3. The fraction of sp³-hybridized carbons (Fsp3) is 0.200. The molecule has 1 aliphatic heterocycles. The Morgan fingerprint density at radius 1 is 1.11 bits per heavy atom. The molecule has 0 spiro atoms. The zero-order chi connectivity index (χ0) is 18.9. The van der Waals surface area contributed by atoms with Crippen molar-refractivity contribution in [2.24, 2.45) is 4.99 Å². The molecule has 0 N–H and O–H groups in total. The molecule has 0 unspecified atom stereocenters. The number of halogens is 1. The van der Waals surface area contributed by atoms with Crippen molar-refractivity contribution in [3.05, 3.63) is 70.8 Å². The molecule has 1 fully saturated rings. The third kappa shape index (κ3) is 4.20. The van der Waals surface area contributed by atoms with Crippen LogP contribution in [0.25, 0.3) is 16.9 Å². The van der Waals surface area contributed by atoms with E-state index in [0.29, 0.717) is 6.42 Å². The quantitative estimate of drug-likeness (QED) is 0.574. The third-order valence-electron chi connectivity index (χ3n) is 4.51. The van der Waals surface area contributed by atoms with Crippen LogP contribution in [0.1, 0.15) is 12.0 Å². The SMILES string of the molecule is O=S1(=O)CC[C@H](N=Cc2cn(-c3ccccc3)nc2-c2ccc(Br)cc2)C1. The summed E-state index contributed by atoms with van der Waals surface area (Å²) in [6.07, 6.45) is 4.27. The van der Waals surface area contributed by atoms with Gasteiger partial charge in [-0.3, -0.25) is 4.99 Å². The van der Waals surface area contributed by atoms with Crippen molar-refractivity contribution >= 4 is 32.0 Å². The van der Waals surface area contributed by atoms with Crippen molar-refractivity contribution in [2.45, 2.75) is 12.5 Å². The van der Waals surface area contributed by atoms with Gasteiger partial charge in [-0.2, -0.15) is 5.10 Å². The highest BCUT2D eigenvalue weighted by Crippen LogP contribution is 2.25. The molecular formula is C20H18BrN3O2S. The van der Waals surface area contributed by atoms with E-state index in [9.17, 15) is 8.42 Å². The van der Waals surface area contributed by atoms with Gasteiger partial charge in [0.15, 0.2) is 9.84 Å². The second-order valence-corrected chi connectivity index (χ2v) is 9.70. The first-order chi connectivity index (χ1) is 13.0. The first-order valence-electron chi connectivity index (χ1n) is 8.65. The lowest BCUT2D eigenvalue weighted by Crippen LogP contribution is -2.07. The maximum absolute atomic E-state index is 11.7. The summed E-state index contributed by atoms with van der Waals surface area (Å²) in [5.74, 6) is 0.349. The highest BCUT2D eigenvalue weighted by atomic mass is 79.9. The topological polar surface area (TPSA) is 64.3 Å². The van der Waals surface area contributed by atoms with E-state index < -0.39 is 9.84 Å². The lowest BCUT2D eigenvalue weighted by molar-refractivity contribution is 0.601. The molecule has 4 rings (SSSR count). The van der Waals surface area contributed by atoms with Crippen molar-refractivity contribution in [3.63, 3.8) is 0 Å². The number of sulfone groups is 1. The Bertz CT molecular complexity index is 1070. The van der Waals surface area contributed by atoms with Crippen LogP contribution in [0.4, 0.5) is 0 Å². The Morgan fingerprint density at radius 3 is 2.52 bits per heavy atom. The molecule has 0 aliphatic carbocycles. The van der Waals surface area contributed by atoms with Gasteiger partial charge in [-0.25, -0.2) is 13.1 Å². The van der Waals surface area contributed by atoms with Gasteiger partial charge in [-0.1, -0.05) is 46.3 Å². The molecule has 1 saturated heterocycles. The van der Waals surface area contributed by atoms with E-state index in [1.807, 2.05) is 65.5 Å². The second kappa shape index (κ2) is 7.40. The molecule has 2 heterocycles. The Morgan fingerprint density at radius 2 is 1.85 bits per heavy atom. The van der Waals surface area contributed by atoms with Crippen LogP contribution in [-0.4, -0.2) is 42.0 Å². The monoisotopic (exact) mass is 443 g/mol. The van der Waals surface area contributed by atoms with E-state index >= 15 is 0 Å². The highest BCUT2D eigenvalue weighted by molar-refractivity contribution is 9.10. The predicted octanol–water partition coefficient (Wildman–Crippen LogP) is 3.91. The van der Waals surface area contributed by atoms with Crippen LogP contribution in [0.15, 0.2) is 70.3 Å². The fourth-order valence-corrected chi connectivity index (χ4v) is 5.01. The first-order valence-corrected chi connectivity index (χ1v) is 11.3. The minimum atomic E-state index is -2.94. The maximum atomic E-state index is 11.7. The summed E-state index contributed by atoms with van der Waals surface area (Å²) >= 11 is 3.46. The van der Waals surface area contributed by atoms with Gasteiger partial charge in [0.2, 0.25) is 0 Å². The number of rotatable bonds is 4. The van der Waals surface area contributed by atoms with Gasteiger partial charge in [0.1, 0.15) is 5.69 Å². The lowest BCUT2D eigenvalue weighted by Gasteiger charge is -2.01. The van der Waals surface area contributed by atoms with Gasteiger partial charge in [0.25, 0.3) is 0 Å². The summed E-state index contributed by atoms with van der Waals surface area (Å²) < 4.78 is 26.2. The summed E-state index contributed by atoms with van der Waals surface area (Å²) in [7, 11) is -2.94. The van der Waals surface area contributed by atoms with E-state index in [0.717, 1.165) is 27.0 Å². The Labute approximate surface area is 166 Å². The number of hydrogen-bond donors (Lipinski definition) is 0. The average Bonchev–Trinajstić information content (AvgIpc) is 3.24. The van der Waals surface area contributed by atoms with Gasteiger partial charge in [-0.15, -0.1) is 0 Å². The van der Waals surface area contributed by atoms with Crippen molar-refractivity contribution in [1.29, 1.82) is 0 Å². The number of benzene rings is 2. The van der Waals surface area contributed by atoms with Crippen LogP contribution in [0, 0.1) is 0 Å². The average molecular weight is 444 g/mol. The molecule has 1 aromatic heterocycles. The molecule has 2 aromatic carbocycles. The maximum Gasteiger partial charge on any atom is 0.152 e. The predicted molar refractivity (Wildman–Crippen MR) is 111 cm³/mol. The zero-order valence-electron chi connectivity index (χ0n) is 14.5. The highest BCUT2D eigenvalue weighted by Gasteiger charge is 2.27. The molecule has 0 radical (unpaired) electrons. The smallest absolute Gasteiger partial charge is 0.152 e. The largest absolute Gasteiger partial charge is 0.288 e. The van der Waals surface area contributed by atoms with Gasteiger partial charge < -0.3 is 0 Å². The minimum absolute atomic E-state index is 0.129. The molecule has 1 aliphatic rings. The molecule has 0 bridgehead atoms. The molecule has 3 aromatic rings. The van der Waals surface area contributed by atoms with E-state index in [2.05, 4.69) is 20.9 Å². The summed E-state index contributed by atoms with van der Waals surface area (Å²) in [4.78, 5) is 4.53. The molecule has 1 atom stereocenters. The number of aliphatic imine (C=N–C) groups is 1. The van der Waals surface area contributed by atoms with Gasteiger partial charge in [0, 0.05) is 28.0 Å². The van der Waals surface area contributed by atoms with Crippen LogP contribution in [-0.2, 0) is 9.84 Å². The molecule has 0 amide bonds. The van der Waals surface area contributed by atoms with Crippen molar-refractivity contribution in [1.82, 2.24) is 9.78 Å². The van der Waals surface area contributed by atoms with Crippen LogP contribution in [0.5, 0.6) is 0 Å². The Kier molecular flexibility index (Phi) is 4.97. The normalized spacial score (nSPS) is 18.9. The lowest BCUT2D eigenvalue weighted by atomic mass is 10.1. The van der Waals surface area contributed by atoms with Crippen LogP contribution >= 0.6 is 15.9 Å². The summed E-state index contributed by atoms with van der Waals surface area (Å²) in [6, 6.07) is 17.6. The minimum Gasteiger partial charge on any atom is -0.288 e. The molecule has 0 saturated carbocycles. The van der Waals surface area contributed by atoms with E-state index in [1.165, 1.54) is 0 Å². The van der Waals surface area contributed by atoms with Crippen molar-refractivity contribution in [3.8, 4) is 16.9 Å². The molecular weight excluding hydrogens is 426 g/mol. The standard InChI is InChI=1S/C20H18BrN3O2S/c21-17-8-6-15(7-9-17)20-16(12-22-18-10-11-27(25,26)14-18)13-24(23-20)19-4-2-1-3-5-19/h1-9,12-13,18H,10-11,14H2/t18-/m0/s1. The fourth-order valence-electron chi connectivity index (χ4n) is 3.11. The molecule has 27 heavy (non-hydrogen) atoms. The summed E-state index contributed by atoms with van der Waals surface area (Å²) in [5, 5.41) is 4.75. The zero-order valence-corrected chi connectivity index (χ0v) is 16.9. The second-order valence-electron chi connectivity index (χ2n) is 6.56. The Balaban J connectivity index is 1.72. The molecule has 138 valence electrons. The van der Waals surface area contributed by atoms with Crippen molar-refractivity contribution < 1.29 is 8.42 Å². The van der Waals surface area contributed by atoms with Gasteiger partial charge in [0.05, 0.1) is 23.2 Å². The Hall–Kier alpha value is -2.25. The van der Waals surface area contributed by atoms with Crippen LogP contribution < -0.4 is 0 Å². The van der Waals surface area contributed by atoms with Crippen LogP contribution in [0.3, 0.4) is 0 Å². The molecule has 7 heteroatoms. The summed E-state index contributed by atoms with van der Waals surface area (Å²) in [6.45, 7) is 0. The first kappa shape index (κ1) is 18.1. The van der Waals surface area contributed by atoms with E-state index in [-0.39, 0.29) is 17.5 Å².